The summed E-state index contributed by atoms with van der Waals surface area (Å²) < 4.78 is 2.03. The summed E-state index contributed by atoms with van der Waals surface area (Å²) >= 11 is 8.47. The monoisotopic (exact) mass is 420 g/mol. The van der Waals surface area contributed by atoms with E-state index in [-0.39, 0.29) is 5.78 Å². The fraction of sp³-hybridized carbons (Fsp3) is 0. The van der Waals surface area contributed by atoms with Crippen LogP contribution in [0.3, 0.4) is 0 Å². The Kier molecular flexibility index (Phi) is 4.38. The first kappa shape index (κ1) is 14.7. The van der Waals surface area contributed by atoms with E-state index in [1.54, 1.807) is 17.4 Å². The summed E-state index contributed by atoms with van der Waals surface area (Å²) in [5, 5.41) is 2.22. The van der Waals surface area contributed by atoms with Gasteiger partial charge in [-0.2, -0.15) is 0 Å². The summed E-state index contributed by atoms with van der Waals surface area (Å²) in [4.78, 5) is 13.3. The number of thiophene rings is 1. The minimum absolute atomic E-state index is 0.0152. The van der Waals surface area contributed by atoms with Gasteiger partial charge < -0.3 is 0 Å². The average molecular weight is 422 g/mol. The number of carbonyl (C=O) groups excluding carboxylic acids is 1. The number of fused-ring (bicyclic) bond motifs is 1. The van der Waals surface area contributed by atoms with Gasteiger partial charge in [0.2, 0.25) is 0 Å². The second kappa shape index (κ2) is 6.26. The molecule has 0 saturated carbocycles. The highest BCUT2D eigenvalue weighted by Gasteiger charge is 2.05. The molecule has 0 bridgehead atoms. The van der Waals surface area contributed by atoms with Crippen molar-refractivity contribution in [2.75, 3.05) is 0 Å². The fourth-order valence-corrected chi connectivity index (χ4v) is 4.03. The van der Waals surface area contributed by atoms with Crippen molar-refractivity contribution in [3.63, 3.8) is 0 Å². The van der Waals surface area contributed by atoms with E-state index >= 15 is 0 Å². The topological polar surface area (TPSA) is 17.1 Å². The van der Waals surface area contributed by atoms with Gasteiger partial charge in [0.25, 0.3) is 0 Å². The number of ketones is 1. The molecule has 0 aliphatic heterocycles. The summed E-state index contributed by atoms with van der Waals surface area (Å²) in [6.45, 7) is 0. The predicted octanol–water partition coefficient (Wildman–Crippen LogP) is 6.32. The number of carbonyl (C=O) groups is 1. The highest BCUT2D eigenvalue weighted by atomic mass is 79.9. The van der Waals surface area contributed by atoms with Gasteiger partial charge in [-0.25, -0.2) is 0 Å². The van der Waals surface area contributed by atoms with Crippen molar-refractivity contribution in [2.24, 2.45) is 0 Å². The summed E-state index contributed by atoms with van der Waals surface area (Å²) in [6.07, 6.45) is 3.46. The van der Waals surface area contributed by atoms with Crippen LogP contribution in [-0.2, 0) is 0 Å². The van der Waals surface area contributed by atoms with Crippen molar-refractivity contribution >= 4 is 65.8 Å². The summed E-state index contributed by atoms with van der Waals surface area (Å²) in [7, 11) is 0. The normalized spacial score (nSPS) is 11.3. The highest BCUT2D eigenvalue weighted by molar-refractivity contribution is 9.13. The maximum Gasteiger partial charge on any atom is 0.185 e. The van der Waals surface area contributed by atoms with E-state index < -0.39 is 0 Å². The molecule has 0 fully saturated rings. The van der Waals surface area contributed by atoms with E-state index in [2.05, 4.69) is 31.9 Å². The molecule has 1 aromatic heterocycles. The second-order valence-corrected chi connectivity index (χ2v) is 7.79. The molecule has 0 saturated heterocycles. The lowest BCUT2D eigenvalue weighted by Crippen LogP contribution is -1.93. The molecule has 21 heavy (non-hydrogen) atoms. The van der Waals surface area contributed by atoms with E-state index in [1.165, 1.54) is 0 Å². The molecule has 1 heterocycles. The lowest BCUT2D eigenvalue weighted by molar-refractivity contribution is 0.104. The molecule has 0 atom stereocenters. The Bertz CT molecular complexity index is 829. The molecular formula is C17H10Br2OS. The Balaban J connectivity index is 1.86. The smallest absolute Gasteiger partial charge is 0.185 e. The zero-order valence-corrected chi connectivity index (χ0v) is 14.8. The van der Waals surface area contributed by atoms with E-state index in [0.717, 1.165) is 23.9 Å². The third-order valence-electron chi connectivity index (χ3n) is 3.10. The Morgan fingerprint density at radius 3 is 2.48 bits per heavy atom. The van der Waals surface area contributed by atoms with Crippen LogP contribution in [0.1, 0.15) is 15.2 Å². The first-order chi connectivity index (χ1) is 10.1. The Labute approximate surface area is 143 Å². The van der Waals surface area contributed by atoms with Gasteiger partial charge in [0.05, 0.1) is 3.79 Å². The Hall–Kier alpha value is -1.23. The summed E-state index contributed by atoms with van der Waals surface area (Å²) in [5.74, 6) is 0.0152. The van der Waals surface area contributed by atoms with Gasteiger partial charge in [-0.05, 0) is 66.9 Å². The zero-order chi connectivity index (χ0) is 14.8. The highest BCUT2D eigenvalue weighted by Crippen LogP contribution is 2.33. The van der Waals surface area contributed by atoms with Gasteiger partial charge in [-0.3, -0.25) is 4.79 Å². The third-order valence-corrected chi connectivity index (χ3v) is 6.32. The molecule has 3 rings (SSSR count). The van der Waals surface area contributed by atoms with Gasteiger partial charge in [0.15, 0.2) is 5.78 Å². The van der Waals surface area contributed by atoms with Gasteiger partial charge in [0, 0.05) is 14.9 Å². The number of benzene rings is 2. The van der Waals surface area contributed by atoms with E-state index in [9.17, 15) is 4.79 Å². The first-order valence-electron chi connectivity index (χ1n) is 6.29. The van der Waals surface area contributed by atoms with Gasteiger partial charge >= 0.3 is 0 Å². The first-order valence-corrected chi connectivity index (χ1v) is 8.70. The molecule has 0 spiro atoms. The minimum atomic E-state index is 0.0152. The van der Waals surface area contributed by atoms with Gasteiger partial charge in [-0.1, -0.05) is 36.4 Å². The predicted molar refractivity (Wildman–Crippen MR) is 97.0 cm³/mol. The van der Waals surface area contributed by atoms with Crippen molar-refractivity contribution in [3.8, 4) is 0 Å². The molecule has 0 amide bonds. The van der Waals surface area contributed by atoms with Crippen LogP contribution in [0.25, 0.3) is 16.8 Å². The number of hydrogen-bond donors (Lipinski definition) is 0. The number of allylic oxidation sites excluding steroid dienone is 1. The van der Waals surface area contributed by atoms with Gasteiger partial charge in [0.1, 0.15) is 0 Å². The van der Waals surface area contributed by atoms with Crippen molar-refractivity contribution in [3.05, 3.63) is 73.3 Å². The fourth-order valence-electron chi connectivity index (χ4n) is 2.04. The molecule has 0 aliphatic carbocycles. The number of hydrogen-bond acceptors (Lipinski definition) is 2. The van der Waals surface area contributed by atoms with E-state index in [4.69, 9.17) is 0 Å². The summed E-state index contributed by atoms with van der Waals surface area (Å²) in [5.41, 5.74) is 0.708. The van der Waals surface area contributed by atoms with Crippen molar-refractivity contribution in [2.45, 2.75) is 0 Å². The molecule has 104 valence electrons. The molecule has 0 unspecified atom stereocenters. The lowest BCUT2D eigenvalue weighted by atomic mass is 10.0. The van der Waals surface area contributed by atoms with Crippen molar-refractivity contribution in [1.82, 2.24) is 0 Å². The van der Waals surface area contributed by atoms with Crippen LogP contribution in [0.2, 0.25) is 0 Å². The van der Waals surface area contributed by atoms with Crippen LogP contribution in [-0.4, -0.2) is 5.78 Å². The number of halogens is 2. The maximum atomic E-state index is 12.2. The lowest BCUT2D eigenvalue weighted by Gasteiger charge is -2.00. The molecule has 3 aromatic rings. The zero-order valence-electron chi connectivity index (χ0n) is 10.8. The largest absolute Gasteiger partial charge is 0.289 e. The quantitative estimate of drug-likeness (QED) is 0.357. The van der Waals surface area contributed by atoms with Crippen molar-refractivity contribution < 1.29 is 4.79 Å². The van der Waals surface area contributed by atoms with E-state index in [0.29, 0.717) is 5.56 Å². The molecule has 0 N–H and O–H groups in total. The molecule has 0 aliphatic rings. The number of rotatable bonds is 3. The van der Waals surface area contributed by atoms with Crippen LogP contribution in [0.4, 0.5) is 0 Å². The van der Waals surface area contributed by atoms with Crippen LogP contribution in [0.15, 0.2) is 62.9 Å². The Morgan fingerprint density at radius 1 is 1.00 bits per heavy atom. The molecular weight excluding hydrogens is 412 g/mol. The standard InChI is InChI=1S/C17H10Br2OS/c18-15-10-14(21-17(15)19)7-8-16(20)13-6-5-11-3-1-2-4-12(11)9-13/h1-10H/b8-7+. The van der Waals surface area contributed by atoms with E-state index in [1.807, 2.05) is 54.6 Å². The average Bonchev–Trinajstić information content (AvgIpc) is 2.83. The third kappa shape index (κ3) is 3.34. The Morgan fingerprint density at radius 2 is 1.76 bits per heavy atom. The SMILES string of the molecule is O=C(/C=C/c1cc(Br)c(Br)s1)c1ccc2ccccc2c1. The summed E-state index contributed by atoms with van der Waals surface area (Å²) in [6, 6.07) is 15.8. The molecule has 1 nitrogen and oxygen atoms in total. The molecule has 4 heteroatoms. The van der Waals surface area contributed by atoms with Crippen LogP contribution >= 0.6 is 43.2 Å². The van der Waals surface area contributed by atoms with Gasteiger partial charge in [-0.15, -0.1) is 11.3 Å². The van der Waals surface area contributed by atoms with Crippen LogP contribution < -0.4 is 0 Å². The minimum Gasteiger partial charge on any atom is -0.289 e. The maximum absolute atomic E-state index is 12.2. The van der Waals surface area contributed by atoms with Crippen LogP contribution in [0.5, 0.6) is 0 Å². The van der Waals surface area contributed by atoms with Crippen LogP contribution in [0, 0.1) is 0 Å². The van der Waals surface area contributed by atoms with Crippen molar-refractivity contribution in [1.29, 1.82) is 0 Å². The second-order valence-electron chi connectivity index (χ2n) is 4.53. The molecule has 0 radical (unpaired) electrons. The molecule has 2 aromatic carbocycles.